The second-order valence-corrected chi connectivity index (χ2v) is 4.29. The quantitative estimate of drug-likeness (QED) is 0.745. The van der Waals surface area contributed by atoms with Crippen LogP contribution in [0.25, 0.3) is 0 Å². The number of rotatable bonds is 5. The maximum Gasteiger partial charge on any atom is 0.229 e. The predicted molar refractivity (Wildman–Crippen MR) is 67.3 cm³/mol. The van der Waals surface area contributed by atoms with Crippen molar-refractivity contribution in [3.8, 4) is 5.75 Å². The van der Waals surface area contributed by atoms with Crippen LogP contribution in [0.3, 0.4) is 0 Å². The molecule has 4 heteroatoms. The van der Waals surface area contributed by atoms with Gasteiger partial charge in [0, 0.05) is 12.8 Å². The van der Waals surface area contributed by atoms with E-state index >= 15 is 0 Å². The number of aryl methyl sites for hydroxylation is 1. The molecule has 0 radical (unpaired) electrons. The summed E-state index contributed by atoms with van der Waals surface area (Å²) in [6, 6.07) is 7.85. The monoisotopic (exact) mass is 247 g/mol. The van der Waals surface area contributed by atoms with Crippen LogP contribution in [0.4, 0.5) is 0 Å². The molecule has 0 atom stereocenters. The number of carbonyl (C=O) groups excluding carboxylic acids is 2. The van der Waals surface area contributed by atoms with Gasteiger partial charge >= 0.3 is 0 Å². The van der Waals surface area contributed by atoms with Crippen LogP contribution in [0.15, 0.2) is 24.3 Å². The lowest BCUT2D eigenvalue weighted by Crippen LogP contribution is -2.33. The van der Waals surface area contributed by atoms with Crippen LogP contribution in [-0.4, -0.2) is 29.9 Å². The van der Waals surface area contributed by atoms with E-state index in [0.29, 0.717) is 26.0 Å². The number of imide groups is 1. The van der Waals surface area contributed by atoms with Crippen LogP contribution in [0.5, 0.6) is 5.75 Å². The molecule has 1 saturated heterocycles. The number of hydrogen-bond donors (Lipinski definition) is 0. The topological polar surface area (TPSA) is 46.6 Å². The maximum absolute atomic E-state index is 11.4. The van der Waals surface area contributed by atoms with Crippen LogP contribution >= 0.6 is 0 Å². The molecule has 4 nitrogen and oxygen atoms in total. The zero-order valence-electron chi connectivity index (χ0n) is 10.5. The summed E-state index contributed by atoms with van der Waals surface area (Å²) in [5.41, 5.74) is 1.26. The molecule has 2 amide bonds. The van der Waals surface area contributed by atoms with E-state index in [9.17, 15) is 9.59 Å². The molecule has 1 aromatic rings. The molecule has 1 aliphatic heterocycles. The fourth-order valence-electron chi connectivity index (χ4n) is 1.95. The minimum absolute atomic E-state index is 0.0927. The van der Waals surface area contributed by atoms with Crippen molar-refractivity contribution >= 4 is 11.8 Å². The Morgan fingerprint density at radius 3 is 2.28 bits per heavy atom. The van der Waals surface area contributed by atoms with Gasteiger partial charge < -0.3 is 4.74 Å². The average Bonchev–Trinajstić information content (AvgIpc) is 2.71. The minimum atomic E-state index is -0.0927. The van der Waals surface area contributed by atoms with E-state index in [1.54, 1.807) is 0 Å². The summed E-state index contributed by atoms with van der Waals surface area (Å²) in [5.74, 6) is 0.584. The van der Waals surface area contributed by atoms with Crippen molar-refractivity contribution in [1.29, 1.82) is 0 Å². The van der Waals surface area contributed by atoms with Gasteiger partial charge in [-0.1, -0.05) is 19.1 Å². The molecule has 1 fully saturated rings. The van der Waals surface area contributed by atoms with Crippen LogP contribution in [0.1, 0.15) is 25.3 Å². The molecule has 96 valence electrons. The van der Waals surface area contributed by atoms with Gasteiger partial charge in [0.05, 0.1) is 6.54 Å². The molecule has 0 N–H and O–H groups in total. The highest BCUT2D eigenvalue weighted by molar-refractivity contribution is 6.01. The number of hydrogen-bond acceptors (Lipinski definition) is 3. The fourth-order valence-corrected chi connectivity index (χ4v) is 1.95. The van der Waals surface area contributed by atoms with Crippen LogP contribution in [0.2, 0.25) is 0 Å². The first-order valence-corrected chi connectivity index (χ1v) is 6.25. The molecule has 0 aliphatic carbocycles. The highest BCUT2D eigenvalue weighted by Crippen LogP contribution is 2.14. The highest BCUT2D eigenvalue weighted by atomic mass is 16.5. The molecule has 1 aliphatic rings. The van der Waals surface area contributed by atoms with Crippen molar-refractivity contribution < 1.29 is 14.3 Å². The molecule has 0 bridgehead atoms. The van der Waals surface area contributed by atoms with Gasteiger partial charge in [-0.15, -0.1) is 0 Å². The minimum Gasteiger partial charge on any atom is -0.492 e. The van der Waals surface area contributed by atoms with Crippen molar-refractivity contribution in [3.63, 3.8) is 0 Å². The van der Waals surface area contributed by atoms with Crippen molar-refractivity contribution in [1.82, 2.24) is 4.90 Å². The molecule has 18 heavy (non-hydrogen) atoms. The lowest BCUT2D eigenvalue weighted by molar-refractivity contribution is -0.138. The molecule has 0 saturated carbocycles. The number of amides is 2. The number of nitrogens with zero attached hydrogens (tertiary/aromatic N) is 1. The number of ether oxygens (including phenoxy) is 1. The third kappa shape index (κ3) is 2.88. The fraction of sp³-hybridized carbons (Fsp3) is 0.429. The largest absolute Gasteiger partial charge is 0.492 e. The third-order valence-electron chi connectivity index (χ3n) is 3.07. The van der Waals surface area contributed by atoms with Crippen molar-refractivity contribution in [2.45, 2.75) is 26.2 Å². The normalized spacial score (nSPS) is 15.3. The molecule has 0 spiro atoms. The molecule has 2 rings (SSSR count). The van der Waals surface area contributed by atoms with Crippen LogP contribution in [-0.2, 0) is 16.0 Å². The van der Waals surface area contributed by atoms with Gasteiger partial charge in [-0.3, -0.25) is 14.5 Å². The summed E-state index contributed by atoms with van der Waals surface area (Å²) < 4.78 is 5.52. The molecule has 1 aromatic carbocycles. The van der Waals surface area contributed by atoms with E-state index in [2.05, 4.69) is 6.92 Å². The van der Waals surface area contributed by atoms with E-state index in [-0.39, 0.29) is 11.8 Å². The first-order chi connectivity index (χ1) is 8.70. The molecular formula is C14H17NO3. The number of likely N-dealkylation sites (tertiary alicyclic amines) is 1. The van der Waals surface area contributed by atoms with Crippen molar-refractivity contribution in [2.24, 2.45) is 0 Å². The SMILES string of the molecule is CCc1ccc(OCCN2C(=O)CCC2=O)cc1. The lowest BCUT2D eigenvalue weighted by atomic mass is 10.2. The highest BCUT2D eigenvalue weighted by Gasteiger charge is 2.28. The smallest absolute Gasteiger partial charge is 0.229 e. The van der Waals surface area contributed by atoms with Gasteiger partial charge in [-0.25, -0.2) is 0 Å². The predicted octanol–water partition coefficient (Wildman–Crippen LogP) is 1.78. The Bertz CT molecular complexity index is 423. The van der Waals surface area contributed by atoms with Crippen LogP contribution < -0.4 is 4.74 Å². The Kier molecular flexibility index (Phi) is 3.97. The van der Waals surface area contributed by atoms with Gasteiger partial charge in [0.2, 0.25) is 11.8 Å². The van der Waals surface area contributed by atoms with Gasteiger partial charge in [-0.2, -0.15) is 0 Å². The lowest BCUT2D eigenvalue weighted by Gasteiger charge is -2.14. The average molecular weight is 247 g/mol. The zero-order chi connectivity index (χ0) is 13.0. The first kappa shape index (κ1) is 12.6. The molecule has 0 unspecified atom stereocenters. The van der Waals surface area contributed by atoms with Crippen molar-refractivity contribution in [3.05, 3.63) is 29.8 Å². The van der Waals surface area contributed by atoms with Gasteiger partial charge in [-0.05, 0) is 24.1 Å². The maximum atomic E-state index is 11.4. The van der Waals surface area contributed by atoms with Crippen molar-refractivity contribution in [2.75, 3.05) is 13.2 Å². The van der Waals surface area contributed by atoms with Gasteiger partial charge in [0.25, 0.3) is 0 Å². The van der Waals surface area contributed by atoms with Crippen LogP contribution in [0, 0.1) is 0 Å². The Morgan fingerprint density at radius 2 is 1.72 bits per heavy atom. The standard InChI is InChI=1S/C14H17NO3/c1-2-11-3-5-12(6-4-11)18-10-9-15-13(16)7-8-14(15)17/h3-6H,2,7-10H2,1H3. The van der Waals surface area contributed by atoms with Gasteiger partial charge in [0.15, 0.2) is 0 Å². The van der Waals surface area contributed by atoms with E-state index in [1.165, 1.54) is 10.5 Å². The zero-order valence-corrected chi connectivity index (χ0v) is 10.5. The molecular weight excluding hydrogens is 230 g/mol. The Labute approximate surface area is 107 Å². The second kappa shape index (κ2) is 5.67. The van der Waals surface area contributed by atoms with E-state index < -0.39 is 0 Å². The van der Waals surface area contributed by atoms with E-state index in [4.69, 9.17) is 4.74 Å². The number of benzene rings is 1. The molecule has 1 heterocycles. The summed E-state index contributed by atoms with van der Waals surface area (Å²) in [7, 11) is 0. The molecule has 0 aromatic heterocycles. The number of carbonyl (C=O) groups is 2. The summed E-state index contributed by atoms with van der Waals surface area (Å²) in [5, 5.41) is 0. The summed E-state index contributed by atoms with van der Waals surface area (Å²) in [6.45, 7) is 2.79. The Hall–Kier alpha value is -1.84. The summed E-state index contributed by atoms with van der Waals surface area (Å²) >= 11 is 0. The Balaban J connectivity index is 1.81. The first-order valence-electron chi connectivity index (χ1n) is 6.25. The second-order valence-electron chi connectivity index (χ2n) is 4.29. The van der Waals surface area contributed by atoms with E-state index in [1.807, 2.05) is 24.3 Å². The van der Waals surface area contributed by atoms with E-state index in [0.717, 1.165) is 12.2 Å². The van der Waals surface area contributed by atoms with Gasteiger partial charge in [0.1, 0.15) is 12.4 Å². The third-order valence-corrected chi connectivity index (χ3v) is 3.07. The summed E-state index contributed by atoms with van der Waals surface area (Å²) in [6.07, 6.45) is 1.67. The Morgan fingerprint density at radius 1 is 1.11 bits per heavy atom. The summed E-state index contributed by atoms with van der Waals surface area (Å²) in [4.78, 5) is 24.0.